The van der Waals surface area contributed by atoms with Gasteiger partial charge in [0.15, 0.2) is 0 Å². The quantitative estimate of drug-likeness (QED) is 0.641. The van der Waals surface area contributed by atoms with Gasteiger partial charge in [0.1, 0.15) is 0 Å². The molecule has 3 unspecified atom stereocenters. The van der Waals surface area contributed by atoms with Gasteiger partial charge in [-0.3, -0.25) is 0 Å². The van der Waals surface area contributed by atoms with Crippen LogP contribution in [0.3, 0.4) is 0 Å². The Balaban J connectivity index is 2.45. The normalized spacial score (nSPS) is 30.9. The molecule has 17 heavy (non-hydrogen) atoms. The molecule has 0 aromatic rings. The summed E-state index contributed by atoms with van der Waals surface area (Å²) in [6, 6.07) is 0. The zero-order valence-corrected chi connectivity index (χ0v) is 12.9. The molecule has 2 heteroatoms. The molecule has 0 bridgehead atoms. The highest BCUT2D eigenvalue weighted by Crippen LogP contribution is 2.39. The van der Waals surface area contributed by atoms with Crippen LogP contribution >= 0.6 is 11.6 Å². The first-order valence-corrected chi connectivity index (χ1v) is 7.48. The van der Waals surface area contributed by atoms with Crippen molar-refractivity contribution >= 4 is 11.6 Å². The van der Waals surface area contributed by atoms with E-state index in [2.05, 4.69) is 27.7 Å². The fourth-order valence-electron chi connectivity index (χ4n) is 2.80. The van der Waals surface area contributed by atoms with Crippen LogP contribution in [0.15, 0.2) is 0 Å². The van der Waals surface area contributed by atoms with Gasteiger partial charge in [0.05, 0.1) is 5.60 Å². The van der Waals surface area contributed by atoms with Gasteiger partial charge in [-0.25, -0.2) is 0 Å². The molecule has 0 aromatic heterocycles. The third-order valence-corrected chi connectivity index (χ3v) is 5.12. The van der Waals surface area contributed by atoms with Crippen LogP contribution in [-0.4, -0.2) is 18.1 Å². The van der Waals surface area contributed by atoms with Crippen LogP contribution in [0.5, 0.6) is 0 Å². The van der Waals surface area contributed by atoms with Crippen molar-refractivity contribution in [1.29, 1.82) is 0 Å². The zero-order valence-electron chi connectivity index (χ0n) is 12.1. The van der Waals surface area contributed by atoms with Crippen molar-refractivity contribution in [2.75, 3.05) is 7.11 Å². The van der Waals surface area contributed by atoms with Crippen molar-refractivity contribution in [2.24, 2.45) is 17.8 Å². The van der Waals surface area contributed by atoms with Gasteiger partial charge in [0.2, 0.25) is 0 Å². The van der Waals surface area contributed by atoms with E-state index >= 15 is 0 Å². The Morgan fingerprint density at radius 2 is 1.94 bits per heavy atom. The van der Waals surface area contributed by atoms with Crippen molar-refractivity contribution in [2.45, 2.75) is 70.8 Å². The topological polar surface area (TPSA) is 9.23 Å². The van der Waals surface area contributed by atoms with Gasteiger partial charge < -0.3 is 4.74 Å². The number of hydrogen-bond donors (Lipinski definition) is 0. The maximum absolute atomic E-state index is 6.48. The fraction of sp³-hybridized carbons (Fsp3) is 1.00. The summed E-state index contributed by atoms with van der Waals surface area (Å²) < 4.78 is 5.50. The summed E-state index contributed by atoms with van der Waals surface area (Å²) in [5.74, 6) is 2.37. The molecule has 1 nitrogen and oxygen atoms in total. The molecular weight excluding hydrogens is 232 g/mol. The molecule has 0 N–H and O–H groups in total. The first kappa shape index (κ1) is 15.3. The number of methoxy groups -OCH3 is 1. The lowest BCUT2D eigenvalue weighted by molar-refractivity contribution is 0.00787. The Bertz CT molecular complexity index is 225. The summed E-state index contributed by atoms with van der Waals surface area (Å²) in [4.78, 5) is 0. The predicted molar refractivity (Wildman–Crippen MR) is 75.6 cm³/mol. The largest absolute Gasteiger partial charge is 0.379 e. The van der Waals surface area contributed by atoms with Gasteiger partial charge >= 0.3 is 0 Å². The highest BCUT2D eigenvalue weighted by Gasteiger charge is 2.31. The van der Waals surface area contributed by atoms with E-state index < -0.39 is 0 Å². The Hall–Kier alpha value is 0.250. The van der Waals surface area contributed by atoms with Crippen LogP contribution in [0.1, 0.15) is 59.8 Å². The van der Waals surface area contributed by atoms with Crippen LogP contribution in [0.25, 0.3) is 0 Å². The molecule has 3 atom stereocenters. The summed E-state index contributed by atoms with van der Waals surface area (Å²) in [6.07, 6.45) is 6.14. The molecule has 0 aliphatic heterocycles. The van der Waals surface area contributed by atoms with Gasteiger partial charge in [-0.1, -0.05) is 13.8 Å². The average molecular weight is 261 g/mol. The Kier molecular flexibility index (Phi) is 5.79. The first-order valence-electron chi connectivity index (χ1n) is 7.05. The Morgan fingerprint density at radius 3 is 2.47 bits per heavy atom. The number of rotatable bonds is 5. The second kappa shape index (κ2) is 6.43. The van der Waals surface area contributed by atoms with Gasteiger partial charge in [-0.15, -0.1) is 11.6 Å². The lowest BCUT2D eigenvalue weighted by Gasteiger charge is -2.36. The minimum atomic E-state index is 0.00137. The van der Waals surface area contributed by atoms with E-state index in [4.69, 9.17) is 16.3 Å². The molecule has 1 saturated carbocycles. The van der Waals surface area contributed by atoms with E-state index in [1.807, 2.05) is 0 Å². The summed E-state index contributed by atoms with van der Waals surface area (Å²) in [5, 5.41) is 0.387. The monoisotopic (exact) mass is 260 g/mol. The zero-order chi connectivity index (χ0) is 13.1. The van der Waals surface area contributed by atoms with Crippen LogP contribution in [0.2, 0.25) is 0 Å². The van der Waals surface area contributed by atoms with E-state index in [9.17, 15) is 0 Å². The maximum atomic E-state index is 6.48. The molecule has 0 heterocycles. The summed E-state index contributed by atoms with van der Waals surface area (Å²) in [6.45, 7) is 9.02. The van der Waals surface area contributed by atoms with Crippen LogP contribution in [-0.2, 0) is 4.74 Å². The molecule has 1 fully saturated rings. The lowest BCUT2D eigenvalue weighted by atomic mass is 9.74. The summed E-state index contributed by atoms with van der Waals surface area (Å²) in [5.41, 5.74) is 0.00137. The maximum Gasteiger partial charge on any atom is 0.0622 e. The van der Waals surface area contributed by atoms with Crippen LogP contribution in [0, 0.1) is 17.8 Å². The van der Waals surface area contributed by atoms with Crippen LogP contribution in [0.4, 0.5) is 0 Å². The molecule has 0 amide bonds. The van der Waals surface area contributed by atoms with Gasteiger partial charge in [-0.2, -0.15) is 0 Å². The molecular formula is C15H29ClO. The second-order valence-electron chi connectivity index (χ2n) is 6.60. The number of ether oxygens (including phenoxy) is 1. The molecule has 102 valence electrons. The Morgan fingerprint density at radius 1 is 1.29 bits per heavy atom. The highest BCUT2D eigenvalue weighted by molar-refractivity contribution is 6.20. The summed E-state index contributed by atoms with van der Waals surface area (Å²) in [7, 11) is 1.80. The molecule has 0 saturated heterocycles. The predicted octanol–water partition coefficient (Wildman–Crippen LogP) is 4.87. The molecule has 0 spiro atoms. The SMILES string of the molecule is COC(C)(C)CCC1CC(C(C)C)CCC1Cl. The van der Waals surface area contributed by atoms with Gasteiger partial charge in [-0.05, 0) is 63.7 Å². The molecule has 1 rings (SSSR count). The van der Waals surface area contributed by atoms with Crippen molar-refractivity contribution in [3.05, 3.63) is 0 Å². The van der Waals surface area contributed by atoms with Crippen molar-refractivity contribution in [3.8, 4) is 0 Å². The number of alkyl halides is 1. The minimum Gasteiger partial charge on any atom is -0.379 e. The van der Waals surface area contributed by atoms with E-state index in [1.165, 1.54) is 25.7 Å². The van der Waals surface area contributed by atoms with Gasteiger partial charge in [0, 0.05) is 12.5 Å². The lowest BCUT2D eigenvalue weighted by Crippen LogP contribution is -2.31. The van der Waals surface area contributed by atoms with E-state index in [0.29, 0.717) is 11.3 Å². The molecule has 0 aromatic carbocycles. The van der Waals surface area contributed by atoms with Crippen molar-refractivity contribution in [3.63, 3.8) is 0 Å². The fourth-order valence-corrected chi connectivity index (χ4v) is 3.16. The number of halogens is 1. The van der Waals surface area contributed by atoms with Crippen molar-refractivity contribution in [1.82, 2.24) is 0 Å². The minimum absolute atomic E-state index is 0.00137. The summed E-state index contributed by atoms with van der Waals surface area (Å²) >= 11 is 6.48. The van der Waals surface area contributed by atoms with Crippen LogP contribution < -0.4 is 0 Å². The Labute approximate surface area is 112 Å². The van der Waals surface area contributed by atoms with E-state index in [1.54, 1.807) is 7.11 Å². The molecule has 0 radical (unpaired) electrons. The average Bonchev–Trinajstić information content (AvgIpc) is 2.27. The first-order chi connectivity index (χ1) is 7.85. The van der Waals surface area contributed by atoms with Gasteiger partial charge in [0.25, 0.3) is 0 Å². The van der Waals surface area contributed by atoms with Crippen molar-refractivity contribution < 1.29 is 4.74 Å². The molecule has 1 aliphatic rings. The highest BCUT2D eigenvalue weighted by atomic mass is 35.5. The van der Waals surface area contributed by atoms with E-state index in [0.717, 1.165) is 18.3 Å². The second-order valence-corrected chi connectivity index (χ2v) is 7.16. The third kappa shape index (κ3) is 4.79. The smallest absolute Gasteiger partial charge is 0.0622 e. The standard InChI is InChI=1S/C15H29ClO/c1-11(2)12-6-7-14(16)13(10-12)8-9-15(3,4)17-5/h11-14H,6-10H2,1-5H3. The van der Waals surface area contributed by atoms with E-state index in [-0.39, 0.29) is 5.60 Å². The molecule has 1 aliphatic carbocycles. The number of hydrogen-bond acceptors (Lipinski definition) is 1. The third-order valence-electron chi connectivity index (χ3n) is 4.54.